The number of ether oxygens (including phenoxy) is 1. The summed E-state index contributed by atoms with van der Waals surface area (Å²) in [6.07, 6.45) is 3.96. The number of aliphatic hydroxyl groups is 1. The SMILES string of the molecule is COC(=O)Cn1ncc(NCC2(O)CCC2)c(Br)c1=O. The van der Waals surface area contributed by atoms with Crippen molar-refractivity contribution in [1.29, 1.82) is 0 Å². The average molecular weight is 346 g/mol. The van der Waals surface area contributed by atoms with Crippen LogP contribution in [0, 0.1) is 0 Å². The van der Waals surface area contributed by atoms with Crippen molar-refractivity contribution < 1.29 is 14.6 Å². The normalized spacial score (nSPS) is 16.4. The summed E-state index contributed by atoms with van der Waals surface area (Å²) in [7, 11) is 1.25. The van der Waals surface area contributed by atoms with Crippen LogP contribution in [-0.2, 0) is 16.1 Å². The molecule has 1 aromatic rings. The van der Waals surface area contributed by atoms with Gasteiger partial charge in [-0.15, -0.1) is 0 Å². The van der Waals surface area contributed by atoms with Gasteiger partial charge in [0.2, 0.25) is 0 Å². The molecule has 1 aromatic heterocycles. The van der Waals surface area contributed by atoms with Crippen molar-refractivity contribution in [3.05, 3.63) is 21.0 Å². The molecular formula is C12H16BrN3O4. The average Bonchev–Trinajstić information content (AvgIpc) is 2.40. The second-order valence-electron chi connectivity index (χ2n) is 4.84. The summed E-state index contributed by atoms with van der Waals surface area (Å²) >= 11 is 3.18. The maximum Gasteiger partial charge on any atom is 0.327 e. The third-order valence-electron chi connectivity index (χ3n) is 3.38. The van der Waals surface area contributed by atoms with Crippen LogP contribution >= 0.6 is 15.9 Å². The Hall–Kier alpha value is -1.41. The highest BCUT2D eigenvalue weighted by atomic mass is 79.9. The van der Waals surface area contributed by atoms with Crippen LogP contribution in [0.2, 0.25) is 0 Å². The Morgan fingerprint density at radius 1 is 1.65 bits per heavy atom. The van der Waals surface area contributed by atoms with Gasteiger partial charge < -0.3 is 15.2 Å². The maximum atomic E-state index is 12.0. The van der Waals surface area contributed by atoms with Crippen LogP contribution in [0.15, 0.2) is 15.5 Å². The van der Waals surface area contributed by atoms with Crippen molar-refractivity contribution in [2.45, 2.75) is 31.4 Å². The monoisotopic (exact) mass is 345 g/mol. The van der Waals surface area contributed by atoms with Crippen molar-refractivity contribution in [3.63, 3.8) is 0 Å². The number of rotatable bonds is 5. The summed E-state index contributed by atoms with van der Waals surface area (Å²) < 4.78 is 5.78. The molecule has 1 fully saturated rings. The van der Waals surface area contributed by atoms with Crippen LogP contribution in [0.5, 0.6) is 0 Å². The number of hydrogen-bond donors (Lipinski definition) is 2. The van der Waals surface area contributed by atoms with E-state index in [1.165, 1.54) is 13.3 Å². The maximum absolute atomic E-state index is 12.0. The minimum Gasteiger partial charge on any atom is -0.468 e. The molecule has 2 N–H and O–H groups in total. The third-order valence-corrected chi connectivity index (χ3v) is 4.15. The highest BCUT2D eigenvalue weighted by Gasteiger charge is 2.34. The lowest BCUT2D eigenvalue weighted by Crippen LogP contribution is -2.43. The Labute approximate surface area is 124 Å². The van der Waals surface area contributed by atoms with E-state index in [9.17, 15) is 14.7 Å². The number of halogens is 1. The molecule has 0 radical (unpaired) electrons. The fraction of sp³-hybridized carbons (Fsp3) is 0.583. The van der Waals surface area contributed by atoms with E-state index in [0.29, 0.717) is 12.2 Å². The number of esters is 1. The second-order valence-corrected chi connectivity index (χ2v) is 5.64. The molecule has 0 saturated heterocycles. The van der Waals surface area contributed by atoms with E-state index in [1.807, 2.05) is 0 Å². The molecule has 0 aromatic carbocycles. The molecule has 8 heteroatoms. The van der Waals surface area contributed by atoms with E-state index in [-0.39, 0.29) is 11.0 Å². The first-order valence-corrected chi connectivity index (χ1v) is 7.03. The summed E-state index contributed by atoms with van der Waals surface area (Å²) in [5.41, 5.74) is -0.627. The fourth-order valence-corrected chi connectivity index (χ4v) is 2.36. The van der Waals surface area contributed by atoms with E-state index in [0.717, 1.165) is 23.9 Å². The van der Waals surface area contributed by atoms with Crippen LogP contribution < -0.4 is 10.9 Å². The van der Waals surface area contributed by atoms with Gasteiger partial charge in [-0.2, -0.15) is 5.10 Å². The molecule has 1 aliphatic carbocycles. The van der Waals surface area contributed by atoms with Gasteiger partial charge in [0.1, 0.15) is 11.0 Å². The fourth-order valence-electron chi connectivity index (χ4n) is 1.91. The molecule has 0 bridgehead atoms. The zero-order chi connectivity index (χ0) is 14.8. The largest absolute Gasteiger partial charge is 0.468 e. The first-order chi connectivity index (χ1) is 9.45. The van der Waals surface area contributed by atoms with Crippen molar-refractivity contribution in [2.24, 2.45) is 0 Å². The predicted octanol–water partition coefficient (Wildman–Crippen LogP) is 0.506. The molecule has 0 aliphatic heterocycles. The zero-order valence-electron chi connectivity index (χ0n) is 11.1. The van der Waals surface area contributed by atoms with Crippen LogP contribution in [-0.4, -0.2) is 40.1 Å². The summed E-state index contributed by atoms with van der Waals surface area (Å²) in [5.74, 6) is -0.545. The lowest BCUT2D eigenvalue weighted by molar-refractivity contribution is -0.141. The van der Waals surface area contributed by atoms with Crippen molar-refractivity contribution in [3.8, 4) is 0 Å². The standard InChI is InChI=1S/C12H16BrN3O4/c1-20-9(17)6-16-11(18)10(13)8(5-15-16)14-7-12(19)3-2-4-12/h5,14,19H,2-4,6-7H2,1H3. The summed E-state index contributed by atoms with van der Waals surface area (Å²) in [5, 5.41) is 16.9. The highest BCUT2D eigenvalue weighted by Crippen LogP contribution is 2.32. The van der Waals surface area contributed by atoms with E-state index in [2.05, 4.69) is 31.1 Å². The van der Waals surface area contributed by atoms with Crippen LogP contribution in [0.25, 0.3) is 0 Å². The number of nitrogens with one attached hydrogen (secondary N) is 1. The molecule has 1 aliphatic rings. The Kier molecular flexibility index (Phi) is 4.44. The number of anilines is 1. The third kappa shape index (κ3) is 3.18. The molecule has 1 heterocycles. The molecule has 0 spiro atoms. The molecule has 0 unspecified atom stereocenters. The van der Waals surface area contributed by atoms with Crippen LogP contribution in [0.4, 0.5) is 5.69 Å². The number of hydrogen-bond acceptors (Lipinski definition) is 6. The summed E-state index contributed by atoms with van der Waals surface area (Å²) in [6, 6.07) is 0. The summed E-state index contributed by atoms with van der Waals surface area (Å²) in [6.45, 7) is 0.131. The van der Waals surface area contributed by atoms with Crippen molar-refractivity contribution in [2.75, 3.05) is 19.0 Å². The van der Waals surface area contributed by atoms with E-state index < -0.39 is 17.1 Å². The second kappa shape index (κ2) is 5.92. The molecule has 0 atom stereocenters. The van der Waals surface area contributed by atoms with Crippen LogP contribution in [0.3, 0.4) is 0 Å². The Morgan fingerprint density at radius 3 is 2.90 bits per heavy atom. The van der Waals surface area contributed by atoms with Crippen molar-refractivity contribution >= 4 is 27.6 Å². The molecule has 20 heavy (non-hydrogen) atoms. The summed E-state index contributed by atoms with van der Waals surface area (Å²) in [4.78, 5) is 23.1. The van der Waals surface area contributed by atoms with E-state index in [1.54, 1.807) is 0 Å². The Bertz CT molecular complexity index is 568. The quantitative estimate of drug-likeness (QED) is 0.755. The van der Waals surface area contributed by atoms with Gasteiger partial charge in [0.05, 0.1) is 24.6 Å². The minimum atomic E-state index is -0.694. The Balaban J connectivity index is 2.10. The van der Waals surface area contributed by atoms with Crippen LogP contribution in [0.1, 0.15) is 19.3 Å². The molecule has 1 saturated carbocycles. The first-order valence-electron chi connectivity index (χ1n) is 6.24. The van der Waals surface area contributed by atoms with Gasteiger partial charge >= 0.3 is 5.97 Å². The number of nitrogens with zero attached hydrogens (tertiary/aromatic N) is 2. The van der Waals surface area contributed by atoms with Gasteiger partial charge in [0, 0.05) is 6.54 Å². The number of carbonyl (C=O) groups excluding carboxylic acids is 1. The topological polar surface area (TPSA) is 93.5 Å². The number of carbonyl (C=O) groups is 1. The number of methoxy groups -OCH3 is 1. The van der Waals surface area contributed by atoms with Gasteiger partial charge in [-0.05, 0) is 35.2 Å². The predicted molar refractivity (Wildman–Crippen MR) is 75.5 cm³/mol. The lowest BCUT2D eigenvalue weighted by atomic mass is 9.80. The van der Waals surface area contributed by atoms with Gasteiger partial charge in [0.15, 0.2) is 0 Å². The van der Waals surface area contributed by atoms with E-state index >= 15 is 0 Å². The molecule has 2 rings (SSSR count). The number of aromatic nitrogens is 2. The Morgan fingerprint density at radius 2 is 2.35 bits per heavy atom. The van der Waals surface area contributed by atoms with Crippen molar-refractivity contribution in [1.82, 2.24) is 9.78 Å². The van der Waals surface area contributed by atoms with E-state index in [4.69, 9.17) is 0 Å². The van der Waals surface area contributed by atoms with Gasteiger partial charge in [0.25, 0.3) is 5.56 Å². The van der Waals surface area contributed by atoms with Gasteiger partial charge in [-0.25, -0.2) is 4.68 Å². The smallest absolute Gasteiger partial charge is 0.327 e. The minimum absolute atomic E-state index is 0.238. The highest BCUT2D eigenvalue weighted by molar-refractivity contribution is 9.10. The van der Waals surface area contributed by atoms with Gasteiger partial charge in [-0.1, -0.05) is 0 Å². The molecule has 7 nitrogen and oxygen atoms in total. The molecule has 0 amide bonds. The molecule has 110 valence electrons. The van der Waals surface area contributed by atoms with Gasteiger partial charge in [-0.3, -0.25) is 9.59 Å². The molecular weight excluding hydrogens is 330 g/mol. The lowest BCUT2D eigenvalue weighted by Gasteiger charge is -2.36. The first kappa shape index (κ1) is 15.0. The zero-order valence-corrected chi connectivity index (χ0v) is 12.6.